The molecule has 0 unspecified atom stereocenters. The first-order valence-electron chi connectivity index (χ1n) is 7.89. The number of hydrazone groups is 1. The molecule has 1 fully saturated rings. The number of amides is 1. The lowest BCUT2D eigenvalue weighted by molar-refractivity contribution is -0.122. The molecule has 0 spiro atoms. The zero-order valence-electron chi connectivity index (χ0n) is 13.1. The van der Waals surface area contributed by atoms with Gasteiger partial charge in [0, 0.05) is 5.92 Å². The normalized spacial score (nSPS) is 20.1. The van der Waals surface area contributed by atoms with Crippen molar-refractivity contribution in [2.45, 2.75) is 25.7 Å². The Kier molecular flexibility index (Phi) is 4.42. The smallest absolute Gasteiger partial charge is 0.243 e. The number of phenols is 1. The number of carbonyl (C=O) groups is 1. The molecule has 23 heavy (non-hydrogen) atoms. The minimum Gasteiger partial charge on any atom is -0.508 e. The van der Waals surface area contributed by atoms with Crippen molar-refractivity contribution in [3.8, 4) is 5.75 Å². The van der Waals surface area contributed by atoms with E-state index in [-0.39, 0.29) is 17.6 Å². The Balaban J connectivity index is 1.63. The van der Waals surface area contributed by atoms with Crippen LogP contribution >= 0.6 is 0 Å². The number of rotatable bonds is 5. The number of hydrogen-bond donors (Lipinski definition) is 2. The fraction of sp³-hybridized carbons (Fsp3) is 0.263. The molecule has 2 atom stereocenters. The fourth-order valence-electron chi connectivity index (χ4n) is 2.76. The van der Waals surface area contributed by atoms with Gasteiger partial charge in [-0.05, 0) is 54.2 Å². The van der Waals surface area contributed by atoms with Crippen molar-refractivity contribution >= 4 is 11.6 Å². The SMILES string of the molecule is CC/C(=N\NC(=O)[C@H]1C[C@H]1c1ccccc1)c1ccc(O)cc1. The van der Waals surface area contributed by atoms with E-state index in [9.17, 15) is 9.90 Å². The lowest BCUT2D eigenvalue weighted by Crippen LogP contribution is -2.22. The summed E-state index contributed by atoms with van der Waals surface area (Å²) < 4.78 is 0. The Morgan fingerprint density at radius 2 is 1.87 bits per heavy atom. The summed E-state index contributed by atoms with van der Waals surface area (Å²) in [5.74, 6) is 0.518. The van der Waals surface area contributed by atoms with Crippen LogP contribution < -0.4 is 5.43 Å². The van der Waals surface area contributed by atoms with Crippen LogP contribution in [0.4, 0.5) is 0 Å². The van der Waals surface area contributed by atoms with E-state index < -0.39 is 0 Å². The molecule has 0 aromatic heterocycles. The van der Waals surface area contributed by atoms with Crippen molar-refractivity contribution in [2.24, 2.45) is 11.0 Å². The summed E-state index contributed by atoms with van der Waals surface area (Å²) in [6.07, 6.45) is 1.59. The van der Waals surface area contributed by atoms with E-state index >= 15 is 0 Å². The Morgan fingerprint density at radius 3 is 2.52 bits per heavy atom. The second kappa shape index (κ2) is 6.65. The molecule has 1 amide bonds. The van der Waals surface area contributed by atoms with E-state index in [0.29, 0.717) is 12.3 Å². The molecule has 4 nitrogen and oxygen atoms in total. The maximum Gasteiger partial charge on any atom is 0.243 e. The second-order valence-electron chi connectivity index (χ2n) is 5.79. The molecular formula is C19H20N2O2. The third kappa shape index (κ3) is 3.59. The molecular weight excluding hydrogens is 288 g/mol. The highest BCUT2D eigenvalue weighted by molar-refractivity contribution is 6.01. The monoisotopic (exact) mass is 308 g/mol. The lowest BCUT2D eigenvalue weighted by atomic mass is 10.1. The molecule has 0 aliphatic heterocycles. The van der Waals surface area contributed by atoms with Gasteiger partial charge in [0.2, 0.25) is 5.91 Å². The molecule has 2 N–H and O–H groups in total. The Morgan fingerprint density at radius 1 is 1.17 bits per heavy atom. The first kappa shape index (κ1) is 15.3. The maximum atomic E-state index is 12.2. The molecule has 0 bridgehead atoms. The summed E-state index contributed by atoms with van der Waals surface area (Å²) in [6, 6.07) is 17.0. The van der Waals surface area contributed by atoms with E-state index in [1.807, 2.05) is 25.1 Å². The molecule has 2 aromatic rings. The molecule has 2 aromatic carbocycles. The van der Waals surface area contributed by atoms with Crippen LogP contribution in [0.2, 0.25) is 0 Å². The van der Waals surface area contributed by atoms with Gasteiger partial charge >= 0.3 is 0 Å². The highest BCUT2D eigenvalue weighted by atomic mass is 16.3. The number of hydrogen-bond acceptors (Lipinski definition) is 3. The van der Waals surface area contributed by atoms with Gasteiger partial charge < -0.3 is 5.11 Å². The van der Waals surface area contributed by atoms with Crippen LogP contribution in [-0.4, -0.2) is 16.7 Å². The highest BCUT2D eigenvalue weighted by Gasteiger charge is 2.43. The first-order chi connectivity index (χ1) is 11.2. The Hall–Kier alpha value is -2.62. The predicted molar refractivity (Wildman–Crippen MR) is 90.4 cm³/mol. The Bertz CT molecular complexity index is 708. The summed E-state index contributed by atoms with van der Waals surface area (Å²) in [5, 5.41) is 13.6. The molecule has 3 rings (SSSR count). The summed E-state index contributed by atoms with van der Waals surface area (Å²) >= 11 is 0. The molecule has 0 radical (unpaired) electrons. The van der Waals surface area contributed by atoms with E-state index in [4.69, 9.17) is 0 Å². The van der Waals surface area contributed by atoms with Crippen LogP contribution in [0.3, 0.4) is 0 Å². The van der Waals surface area contributed by atoms with Gasteiger partial charge in [-0.2, -0.15) is 5.10 Å². The van der Waals surface area contributed by atoms with E-state index in [1.165, 1.54) is 5.56 Å². The number of nitrogens with zero attached hydrogens (tertiary/aromatic N) is 1. The first-order valence-corrected chi connectivity index (χ1v) is 7.89. The van der Waals surface area contributed by atoms with Gasteiger partial charge in [-0.15, -0.1) is 0 Å². The van der Waals surface area contributed by atoms with Gasteiger partial charge in [-0.1, -0.05) is 37.3 Å². The summed E-state index contributed by atoms with van der Waals surface area (Å²) in [4.78, 5) is 12.2. The third-order valence-corrected chi connectivity index (χ3v) is 4.19. The van der Waals surface area contributed by atoms with Crippen LogP contribution in [0.25, 0.3) is 0 Å². The Labute approximate surface area is 135 Å². The van der Waals surface area contributed by atoms with Gasteiger partial charge in [-0.3, -0.25) is 4.79 Å². The quantitative estimate of drug-likeness (QED) is 0.656. The fourth-order valence-corrected chi connectivity index (χ4v) is 2.76. The minimum absolute atomic E-state index is 0.0130. The number of nitrogens with one attached hydrogen (secondary N) is 1. The van der Waals surface area contributed by atoms with Crippen molar-refractivity contribution in [2.75, 3.05) is 0 Å². The van der Waals surface area contributed by atoms with Gasteiger partial charge in [0.15, 0.2) is 0 Å². The number of phenolic OH excluding ortho intramolecular Hbond substituents is 1. The molecule has 4 heteroatoms. The van der Waals surface area contributed by atoms with Crippen molar-refractivity contribution in [1.29, 1.82) is 0 Å². The zero-order chi connectivity index (χ0) is 16.2. The van der Waals surface area contributed by atoms with Crippen LogP contribution in [0.5, 0.6) is 5.75 Å². The van der Waals surface area contributed by atoms with Gasteiger partial charge in [0.05, 0.1) is 5.71 Å². The topological polar surface area (TPSA) is 61.7 Å². The molecule has 1 aliphatic rings. The molecule has 0 heterocycles. The highest BCUT2D eigenvalue weighted by Crippen LogP contribution is 2.47. The second-order valence-corrected chi connectivity index (χ2v) is 5.79. The summed E-state index contributed by atoms with van der Waals surface area (Å²) in [6.45, 7) is 1.99. The molecule has 0 saturated heterocycles. The van der Waals surface area contributed by atoms with Crippen molar-refractivity contribution in [3.63, 3.8) is 0 Å². The maximum absolute atomic E-state index is 12.2. The van der Waals surface area contributed by atoms with Gasteiger partial charge in [-0.25, -0.2) is 5.43 Å². The average Bonchev–Trinajstić information content (AvgIpc) is 3.38. The third-order valence-electron chi connectivity index (χ3n) is 4.19. The number of carbonyl (C=O) groups excluding carboxylic acids is 1. The van der Waals surface area contributed by atoms with Crippen LogP contribution in [-0.2, 0) is 4.79 Å². The number of aromatic hydroxyl groups is 1. The van der Waals surface area contributed by atoms with Crippen molar-refractivity contribution in [1.82, 2.24) is 5.43 Å². The van der Waals surface area contributed by atoms with E-state index in [1.54, 1.807) is 24.3 Å². The predicted octanol–water partition coefficient (Wildman–Crippen LogP) is 3.43. The van der Waals surface area contributed by atoms with E-state index in [2.05, 4.69) is 22.7 Å². The lowest BCUT2D eigenvalue weighted by Gasteiger charge is -2.05. The standard InChI is InChI=1S/C19H20N2O2/c1-2-18(14-8-10-15(22)11-9-14)20-21-19(23)17-12-16(17)13-6-4-3-5-7-13/h3-11,16-17,22H,2,12H2,1H3,(H,21,23)/b20-18+/t16-,17-/m0/s1. The number of benzene rings is 2. The summed E-state index contributed by atoms with van der Waals surface area (Å²) in [7, 11) is 0. The van der Waals surface area contributed by atoms with Crippen molar-refractivity contribution in [3.05, 3.63) is 65.7 Å². The molecule has 1 saturated carbocycles. The van der Waals surface area contributed by atoms with Gasteiger partial charge in [0.25, 0.3) is 0 Å². The van der Waals surface area contributed by atoms with Crippen LogP contribution in [0.15, 0.2) is 59.7 Å². The van der Waals surface area contributed by atoms with Gasteiger partial charge in [0.1, 0.15) is 5.75 Å². The largest absolute Gasteiger partial charge is 0.508 e. The zero-order valence-corrected chi connectivity index (χ0v) is 13.1. The summed E-state index contributed by atoms with van der Waals surface area (Å²) in [5.41, 5.74) is 5.61. The average molecular weight is 308 g/mol. The van der Waals surface area contributed by atoms with Crippen molar-refractivity contribution < 1.29 is 9.90 Å². The molecule has 118 valence electrons. The molecule has 1 aliphatic carbocycles. The van der Waals surface area contributed by atoms with E-state index in [0.717, 1.165) is 17.7 Å². The van der Waals surface area contributed by atoms with Crippen LogP contribution in [0.1, 0.15) is 36.8 Å². The minimum atomic E-state index is -0.0245. The van der Waals surface area contributed by atoms with Crippen LogP contribution in [0, 0.1) is 5.92 Å².